The molecule has 6 nitrogen and oxygen atoms in total. The van der Waals surface area contributed by atoms with Gasteiger partial charge in [-0.1, -0.05) is 48.6 Å². The van der Waals surface area contributed by atoms with Crippen molar-refractivity contribution in [2.24, 2.45) is 4.99 Å². The predicted molar refractivity (Wildman–Crippen MR) is 151 cm³/mol. The van der Waals surface area contributed by atoms with Gasteiger partial charge in [0.05, 0.1) is 16.7 Å². The summed E-state index contributed by atoms with van der Waals surface area (Å²) in [4.78, 5) is 8.39. The smallest absolute Gasteiger partial charge is 0.187 e. The van der Waals surface area contributed by atoms with Crippen molar-refractivity contribution in [2.45, 2.75) is 6.92 Å². The second kappa shape index (κ2) is 9.51. The maximum Gasteiger partial charge on any atom is 0.187 e. The van der Waals surface area contributed by atoms with Crippen LogP contribution in [0.3, 0.4) is 0 Å². The Morgan fingerprint density at radius 3 is 2.00 bits per heavy atom. The van der Waals surface area contributed by atoms with Crippen molar-refractivity contribution in [3.05, 3.63) is 121 Å². The first-order valence-corrected chi connectivity index (χ1v) is 12.0. The van der Waals surface area contributed by atoms with Crippen LogP contribution in [0.4, 0.5) is 0 Å². The maximum absolute atomic E-state index is 4.57. The summed E-state index contributed by atoms with van der Waals surface area (Å²) in [5.41, 5.74) is 5.90. The lowest BCUT2D eigenvalue weighted by molar-refractivity contribution is 1.01. The van der Waals surface area contributed by atoms with Gasteiger partial charge >= 0.3 is 0 Å². The Kier molecular flexibility index (Phi) is 5.75. The van der Waals surface area contributed by atoms with Crippen LogP contribution in [-0.2, 0) is 0 Å². The number of para-hydroxylation sites is 2. The number of hydrogen-bond acceptors (Lipinski definition) is 4. The van der Waals surface area contributed by atoms with Crippen LogP contribution in [0.5, 0.6) is 0 Å². The lowest BCUT2D eigenvalue weighted by Gasteiger charge is -2.12. The molecule has 6 aromatic rings. The topological polar surface area (TPSA) is 60.9 Å². The summed E-state index contributed by atoms with van der Waals surface area (Å²) in [6, 6.07) is 29.3. The molecule has 3 heterocycles. The van der Waals surface area contributed by atoms with Gasteiger partial charge in [-0.15, -0.1) is 10.2 Å². The highest BCUT2D eigenvalue weighted by Crippen LogP contribution is 2.33. The van der Waals surface area contributed by atoms with Crippen molar-refractivity contribution in [3.8, 4) is 22.8 Å². The Balaban J connectivity index is 1.50. The summed E-state index contributed by atoms with van der Waals surface area (Å²) in [5.74, 6) is 1.32. The van der Waals surface area contributed by atoms with Crippen LogP contribution in [0, 0.1) is 0 Å². The Bertz CT molecular complexity index is 1730. The Morgan fingerprint density at radius 1 is 0.757 bits per heavy atom. The highest BCUT2D eigenvalue weighted by molar-refractivity contribution is 6.09. The molecule has 6 heteroatoms. The van der Waals surface area contributed by atoms with E-state index in [-0.39, 0.29) is 0 Å². The third-order valence-electron chi connectivity index (χ3n) is 6.39. The van der Waals surface area contributed by atoms with Gasteiger partial charge in [-0.2, -0.15) is 0 Å². The van der Waals surface area contributed by atoms with Crippen molar-refractivity contribution in [2.75, 3.05) is 0 Å². The molecule has 0 aliphatic heterocycles. The van der Waals surface area contributed by atoms with E-state index in [1.54, 1.807) is 12.4 Å². The predicted octanol–water partition coefficient (Wildman–Crippen LogP) is 7.04. The first kappa shape index (κ1) is 22.4. The average Bonchev–Trinajstić information content (AvgIpc) is 3.54. The van der Waals surface area contributed by atoms with E-state index in [2.05, 4.69) is 104 Å². The lowest BCUT2D eigenvalue weighted by atomic mass is 10.1. The molecule has 0 saturated heterocycles. The summed E-state index contributed by atoms with van der Waals surface area (Å²) in [6.45, 7) is 5.70. The van der Waals surface area contributed by atoms with Gasteiger partial charge < -0.3 is 4.57 Å². The van der Waals surface area contributed by atoms with Gasteiger partial charge in [0.25, 0.3) is 0 Å². The fraction of sp³-hybridized carbons (Fsp3) is 0.0323. The zero-order chi connectivity index (χ0) is 25.2. The molecular formula is C31H24N6. The van der Waals surface area contributed by atoms with E-state index in [1.165, 1.54) is 21.8 Å². The van der Waals surface area contributed by atoms with Crippen LogP contribution in [0.25, 0.3) is 50.3 Å². The van der Waals surface area contributed by atoms with Gasteiger partial charge in [0.15, 0.2) is 11.6 Å². The number of aliphatic imine (C=N–C) groups is 1. The number of nitrogens with zero attached hydrogens (tertiary/aromatic N) is 6. The molecule has 0 atom stereocenters. The maximum atomic E-state index is 4.57. The van der Waals surface area contributed by atoms with Crippen LogP contribution in [0.1, 0.15) is 12.7 Å². The van der Waals surface area contributed by atoms with Gasteiger partial charge in [-0.25, -0.2) is 0 Å². The fourth-order valence-corrected chi connectivity index (χ4v) is 4.72. The number of aromatic nitrogens is 5. The molecule has 0 radical (unpaired) electrons. The van der Waals surface area contributed by atoms with Gasteiger partial charge in [0.2, 0.25) is 0 Å². The number of pyridine rings is 1. The van der Waals surface area contributed by atoms with E-state index >= 15 is 0 Å². The molecule has 0 fully saturated rings. The zero-order valence-electron chi connectivity index (χ0n) is 20.4. The summed E-state index contributed by atoms with van der Waals surface area (Å²) in [6.07, 6.45) is 9.24. The number of rotatable bonds is 6. The monoisotopic (exact) mass is 480 g/mol. The Morgan fingerprint density at radius 2 is 1.38 bits per heavy atom. The molecule has 6 rings (SSSR count). The Labute approximate surface area is 214 Å². The first-order chi connectivity index (χ1) is 18.3. The number of benzene rings is 3. The molecule has 37 heavy (non-hydrogen) atoms. The zero-order valence-corrected chi connectivity index (χ0v) is 20.4. The van der Waals surface area contributed by atoms with E-state index in [0.29, 0.717) is 17.3 Å². The molecule has 0 unspecified atom stereocenters. The van der Waals surface area contributed by atoms with Gasteiger partial charge in [-0.05, 0) is 68.2 Å². The van der Waals surface area contributed by atoms with E-state index in [4.69, 9.17) is 0 Å². The van der Waals surface area contributed by atoms with Gasteiger partial charge in [0.1, 0.15) is 5.70 Å². The lowest BCUT2D eigenvalue weighted by Crippen LogP contribution is -2.03. The van der Waals surface area contributed by atoms with Crippen LogP contribution < -0.4 is 0 Å². The highest BCUT2D eigenvalue weighted by atomic mass is 15.3. The molecule has 178 valence electrons. The van der Waals surface area contributed by atoms with Crippen LogP contribution in [-0.4, -0.2) is 31.0 Å². The van der Waals surface area contributed by atoms with Gasteiger partial charge in [0, 0.05) is 34.4 Å². The molecular weight excluding hydrogens is 456 g/mol. The number of hydrogen-bond donors (Lipinski definition) is 0. The number of allylic oxidation sites excluding steroid dienone is 3. The Hall–Kier alpha value is -5.10. The van der Waals surface area contributed by atoms with Crippen molar-refractivity contribution < 1.29 is 0 Å². The van der Waals surface area contributed by atoms with E-state index in [9.17, 15) is 0 Å². The van der Waals surface area contributed by atoms with E-state index < -0.39 is 0 Å². The highest BCUT2D eigenvalue weighted by Gasteiger charge is 2.19. The summed E-state index contributed by atoms with van der Waals surface area (Å²) in [5, 5.41) is 11.5. The van der Waals surface area contributed by atoms with Gasteiger partial charge in [-0.3, -0.25) is 14.5 Å². The second-order valence-corrected chi connectivity index (χ2v) is 8.54. The number of fused-ring (bicyclic) bond motifs is 3. The van der Waals surface area contributed by atoms with Crippen LogP contribution in [0.2, 0.25) is 0 Å². The first-order valence-electron chi connectivity index (χ1n) is 12.0. The largest absolute Gasteiger partial charge is 0.309 e. The molecule has 0 saturated carbocycles. The molecule has 0 aliphatic carbocycles. The molecule has 0 aliphatic rings. The quantitative estimate of drug-likeness (QED) is 0.190. The minimum absolute atomic E-state index is 0.612. The average molecular weight is 481 g/mol. The SMILES string of the molecule is C=N/C(=C\C=C/C)c1nnc(-c2ccc(-n3c4ccccc4c4ccccc43)cc2)n1-c1ccncc1. The molecule has 0 N–H and O–H groups in total. The molecule has 3 aromatic heterocycles. The van der Waals surface area contributed by atoms with Crippen molar-refractivity contribution >= 4 is 34.2 Å². The van der Waals surface area contributed by atoms with Crippen LogP contribution >= 0.6 is 0 Å². The van der Waals surface area contributed by atoms with Crippen LogP contribution in [0.15, 0.2) is 121 Å². The standard InChI is InChI=1S/C31H24N6/c1-3-4-11-27(32-2)31-35-34-30(37(31)24-18-20-33-21-19-24)22-14-16-23(17-15-22)36-28-12-7-5-9-25(28)26-10-6-8-13-29(26)36/h3-21H,2H2,1H3/b4-3-,27-11-. The molecule has 0 amide bonds. The third kappa shape index (κ3) is 3.85. The fourth-order valence-electron chi connectivity index (χ4n) is 4.72. The van der Waals surface area contributed by atoms with E-state index in [1.807, 2.05) is 41.9 Å². The van der Waals surface area contributed by atoms with E-state index in [0.717, 1.165) is 16.9 Å². The summed E-state index contributed by atoms with van der Waals surface area (Å²) in [7, 11) is 0. The molecule has 0 spiro atoms. The minimum Gasteiger partial charge on any atom is -0.309 e. The molecule has 0 bridgehead atoms. The van der Waals surface area contributed by atoms with Crippen molar-refractivity contribution in [1.29, 1.82) is 0 Å². The van der Waals surface area contributed by atoms with Crippen molar-refractivity contribution in [1.82, 2.24) is 24.3 Å². The third-order valence-corrected chi connectivity index (χ3v) is 6.39. The normalized spacial score (nSPS) is 12.1. The minimum atomic E-state index is 0.612. The second-order valence-electron chi connectivity index (χ2n) is 8.54. The van der Waals surface area contributed by atoms with Crippen molar-refractivity contribution in [3.63, 3.8) is 0 Å². The summed E-state index contributed by atoms with van der Waals surface area (Å²) < 4.78 is 4.29. The summed E-state index contributed by atoms with van der Waals surface area (Å²) >= 11 is 0. The molecule has 3 aromatic carbocycles.